The standard InChI is InChI=1S/C16H18N2O2/c19-12-14-6-4-5-13-7-10-18(16(13)14)11-15(20)17-8-2-1-3-9-17/h4-7,10,12H,1-3,8-9,11H2. The van der Waals surface area contributed by atoms with Crippen LogP contribution in [0, 0.1) is 0 Å². The molecule has 1 aliphatic heterocycles. The minimum absolute atomic E-state index is 0.142. The molecular formula is C16H18N2O2. The van der Waals surface area contributed by atoms with Gasteiger partial charge in [-0.2, -0.15) is 0 Å². The quantitative estimate of drug-likeness (QED) is 0.804. The summed E-state index contributed by atoms with van der Waals surface area (Å²) in [6.07, 6.45) is 6.14. The van der Waals surface area contributed by atoms with E-state index in [4.69, 9.17) is 0 Å². The molecule has 0 atom stereocenters. The number of carbonyl (C=O) groups is 2. The molecule has 1 saturated heterocycles. The van der Waals surface area contributed by atoms with Gasteiger partial charge in [0.1, 0.15) is 6.54 Å². The van der Waals surface area contributed by atoms with E-state index in [0.29, 0.717) is 12.1 Å². The molecule has 104 valence electrons. The van der Waals surface area contributed by atoms with E-state index in [9.17, 15) is 9.59 Å². The van der Waals surface area contributed by atoms with Crippen molar-refractivity contribution in [3.63, 3.8) is 0 Å². The zero-order valence-electron chi connectivity index (χ0n) is 11.4. The SMILES string of the molecule is O=Cc1cccc2ccn(CC(=O)N3CCCCC3)c12. The molecule has 0 aliphatic carbocycles. The maximum Gasteiger partial charge on any atom is 0.242 e. The zero-order valence-corrected chi connectivity index (χ0v) is 11.4. The summed E-state index contributed by atoms with van der Waals surface area (Å²) in [5, 5.41) is 1.00. The van der Waals surface area contributed by atoms with Crippen LogP contribution >= 0.6 is 0 Å². The van der Waals surface area contributed by atoms with Crippen molar-refractivity contribution >= 4 is 23.1 Å². The van der Waals surface area contributed by atoms with Crippen LogP contribution in [0.2, 0.25) is 0 Å². The Labute approximate surface area is 118 Å². The fourth-order valence-electron chi connectivity index (χ4n) is 2.91. The first-order valence-electron chi connectivity index (χ1n) is 7.10. The fourth-order valence-corrected chi connectivity index (χ4v) is 2.91. The number of hydrogen-bond acceptors (Lipinski definition) is 2. The highest BCUT2D eigenvalue weighted by molar-refractivity contribution is 5.97. The van der Waals surface area contributed by atoms with Crippen LogP contribution in [0.1, 0.15) is 29.6 Å². The van der Waals surface area contributed by atoms with Gasteiger partial charge in [0, 0.05) is 30.2 Å². The predicted molar refractivity (Wildman–Crippen MR) is 77.8 cm³/mol. The summed E-state index contributed by atoms with van der Waals surface area (Å²) in [5.41, 5.74) is 1.49. The molecule has 1 aliphatic rings. The van der Waals surface area contributed by atoms with Crippen molar-refractivity contribution in [2.75, 3.05) is 13.1 Å². The third kappa shape index (κ3) is 2.33. The number of carbonyl (C=O) groups excluding carboxylic acids is 2. The van der Waals surface area contributed by atoms with Crippen molar-refractivity contribution in [1.29, 1.82) is 0 Å². The Morgan fingerprint density at radius 3 is 2.70 bits per heavy atom. The molecule has 2 aromatic rings. The van der Waals surface area contributed by atoms with E-state index in [-0.39, 0.29) is 5.91 Å². The summed E-state index contributed by atoms with van der Waals surface area (Å²) >= 11 is 0. The summed E-state index contributed by atoms with van der Waals surface area (Å²) in [4.78, 5) is 25.4. The summed E-state index contributed by atoms with van der Waals surface area (Å²) in [5.74, 6) is 0.142. The fraction of sp³-hybridized carbons (Fsp3) is 0.375. The lowest BCUT2D eigenvalue weighted by Gasteiger charge is -2.27. The lowest BCUT2D eigenvalue weighted by molar-refractivity contribution is -0.132. The predicted octanol–water partition coefficient (Wildman–Crippen LogP) is 2.47. The van der Waals surface area contributed by atoms with Gasteiger partial charge in [0.15, 0.2) is 6.29 Å². The molecule has 0 spiro atoms. The summed E-state index contributed by atoms with van der Waals surface area (Å²) in [6, 6.07) is 7.57. The highest BCUT2D eigenvalue weighted by atomic mass is 16.2. The molecule has 0 bridgehead atoms. The number of aromatic nitrogens is 1. The van der Waals surface area contributed by atoms with E-state index in [1.165, 1.54) is 6.42 Å². The molecule has 1 fully saturated rings. The first-order chi connectivity index (χ1) is 9.79. The third-order valence-corrected chi connectivity index (χ3v) is 3.96. The Kier molecular flexibility index (Phi) is 3.54. The lowest BCUT2D eigenvalue weighted by Crippen LogP contribution is -2.37. The maximum absolute atomic E-state index is 12.3. The van der Waals surface area contributed by atoms with Crippen LogP contribution in [-0.4, -0.2) is 34.7 Å². The molecule has 20 heavy (non-hydrogen) atoms. The molecule has 3 rings (SSSR count). The molecule has 0 unspecified atom stereocenters. The number of piperidine rings is 1. The second kappa shape index (κ2) is 5.49. The number of nitrogens with zero attached hydrogens (tertiary/aromatic N) is 2. The van der Waals surface area contributed by atoms with Crippen molar-refractivity contribution in [2.45, 2.75) is 25.8 Å². The van der Waals surface area contributed by atoms with E-state index < -0.39 is 0 Å². The second-order valence-corrected chi connectivity index (χ2v) is 5.29. The van der Waals surface area contributed by atoms with E-state index in [1.54, 1.807) is 6.07 Å². The largest absolute Gasteiger partial charge is 0.341 e. The summed E-state index contributed by atoms with van der Waals surface area (Å²) < 4.78 is 1.88. The van der Waals surface area contributed by atoms with Gasteiger partial charge in [-0.25, -0.2) is 0 Å². The average molecular weight is 270 g/mol. The van der Waals surface area contributed by atoms with E-state index in [2.05, 4.69) is 0 Å². The van der Waals surface area contributed by atoms with Crippen molar-refractivity contribution < 1.29 is 9.59 Å². The van der Waals surface area contributed by atoms with Crippen molar-refractivity contribution in [3.05, 3.63) is 36.0 Å². The lowest BCUT2D eigenvalue weighted by atomic mass is 10.1. The van der Waals surface area contributed by atoms with Gasteiger partial charge >= 0.3 is 0 Å². The molecule has 1 aromatic carbocycles. The van der Waals surface area contributed by atoms with Crippen LogP contribution in [-0.2, 0) is 11.3 Å². The van der Waals surface area contributed by atoms with Gasteiger partial charge in [0.05, 0.1) is 5.52 Å². The Morgan fingerprint density at radius 2 is 1.95 bits per heavy atom. The normalized spacial score (nSPS) is 15.5. The molecule has 0 saturated carbocycles. The van der Waals surface area contributed by atoms with Gasteiger partial charge in [0.25, 0.3) is 0 Å². The summed E-state index contributed by atoms with van der Waals surface area (Å²) in [7, 11) is 0. The Balaban J connectivity index is 1.87. The van der Waals surface area contributed by atoms with Crippen LogP contribution in [0.5, 0.6) is 0 Å². The van der Waals surface area contributed by atoms with E-state index >= 15 is 0 Å². The van der Waals surface area contributed by atoms with Crippen LogP contribution in [0.25, 0.3) is 10.9 Å². The third-order valence-electron chi connectivity index (χ3n) is 3.96. The topological polar surface area (TPSA) is 42.3 Å². The highest BCUT2D eigenvalue weighted by Gasteiger charge is 2.17. The highest BCUT2D eigenvalue weighted by Crippen LogP contribution is 2.20. The molecule has 4 heteroatoms. The van der Waals surface area contributed by atoms with E-state index in [0.717, 1.165) is 43.1 Å². The maximum atomic E-state index is 12.3. The molecule has 0 radical (unpaired) electrons. The molecule has 0 N–H and O–H groups in total. The second-order valence-electron chi connectivity index (χ2n) is 5.29. The van der Waals surface area contributed by atoms with Crippen LogP contribution in [0.3, 0.4) is 0 Å². The number of rotatable bonds is 3. The smallest absolute Gasteiger partial charge is 0.242 e. The summed E-state index contributed by atoms with van der Waals surface area (Å²) in [6.45, 7) is 2.03. The molecular weight excluding hydrogens is 252 g/mol. The van der Waals surface area contributed by atoms with Crippen LogP contribution in [0.4, 0.5) is 0 Å². The number of hydrogen-bond donors (Lipinski definition) is 0. The van der Waals surface area contributed by atoms with Crippen molar-refractivity contribution in [2.24, 2.45) is 0 Å². The minimum Gasteiger partial charge on any atom is -0.341 e. The number of fused-ring (bicyclic) bond motifs is 1. The van der Waals surface area contributed by atoms with Gasteiger partial charge in [0.2, 0.25) is 5.91 Å². The van der Waals surface area contributed by atoms with Gasteiger partial charge in [-0.1, -0.05) is 12.1 Å². The van der Waals surface area contributed by atoms with Crippen LogP contribution in [0.15, 0.2) is 30.5 Å². The average Bonchev–Trinajstić information content (AvgIpc) is 2.91. The minimum atomic E-state index is 0.142. The number of amides is 1. The van der Waals surface area contributed by atoms with E-state index in [1.807, 2.05) is 33.9 Å². The number of likely N-dealkylation sites (tertiary alicyclic amines) is 1. The molecule has 2 heterocycles. The van der Waals surface area contributed by atoms with Crippen molar-refractivity contribution in [3.8, 4) is 0 Å². The first-order valence-corrected chi connectivity index (χ1v) is 7.10. The molecule has 4 nitrogen and oxygen atoms in total. The number of benzene rings is 1. The molecule has 1 amide bonds. The van der Waals surface area contributed by atoms with Crippen LogP contribution < -0.4 is 0 Å². The number of para-hydroxylation sites is 1. The first kappa shape index (κ1) is 12.9. The Hall–Kier alpha value is -2.10. The van der Waals surface area contributed by atoms with Gasteiger partial charge in [-0.15, -0.1) is 0 Å². The molecule has 1 aromatic heterocycles. The van der Waals surface area contributed by atoms with Gasteiger partial charge in [-0.3, -0.25) is 9.59 Å². The Bertz CT molecular complexity index is 639. The van der Waals surface area contributed by atoms with Gasteiger partial charge < -0.3 is 9.47 Å². The number of aldehydes is 1. The van der Waals surface area contributed by atoms with Crippen molar-refractivity contribution in [1.82, 2.24) is 9.47 Å². The Morgan fingerprint density at radius 1 is 1.15 bits per heavy atom. The zero-order chi connectivity index (χ0) is 13.9. The monoisotopic (exact) mass is 270 g/mol. The van der Waals surface area contributed by atoms with Gasteiger partial charge in [-0.05, 0) is 31.4 Å².